The Bertz CT molecular complexity index is 1280. The summed E-state index contributed by atoms with van der Waals surface area (Å²) in [6.07, 6.45) is 0. The van der Waals surface area contributed by atoms with Crippen LogP contribution in [0.1, 0.15) is 17.4 Å². The molecule has 0 bridgehead atoms. The molecule has 1 atom stereocenters. The van der Waals surface area contributed by atoms with Crippen LogP contribution in [0, 0.1) is 0 Å². The standard InChI is InChI=1S/C23H20ClN2O3P/c1-2-29-30(28,18-10-6-9-16(13-18)15-7-4-3-5-8-15)22-19-14-17(24)11-12-20(19)26-21(22)23(25)27/h3-14,26H,2H2,1H3,(H2,25,27). The quantitative estimate of drug-likeness (QED) is 0.422. The van der Waals surface area contributed by atoms with Crippen LogP contribution in [-0.4, -0.2) is 17.5 Å². The zero-order valence-corrected chi connectivity index (χ0v) is 17.9. The van der Waals surface area contributed by atoms with Gasteiger partial charge >= 0.3 is 0 Å². The van der Waals surface area contributed by atoms with Gasteiger partial charge in [-0.15, -0.1) is 0 Å². The van der Waals surface area contributed by atoms with Crippen LogP contribution in [0.3, 0.4) is 0 Å². The van der Waals surface area contributed by atoms with Gasteiger partial charge in [0.2, 0.25) is 0 Å². The molecular weight excluding hydrogens is 419 g/mol. The predicted molar refractivity (Wildman–Crippen MR) is 122 cm³/mol. The Morgan fingerprint density at radius 2 is 1.77 bits per heavy atom. The van der Waals surface area contributed by atoms with Crippen molar-refractivity contribution in [3.8, 4) is 11.1 Å². The molecule has 1 unspecified atom stereocenters. The minimum Gasteiger partial charge on any atom is -0.364 e. The van der Waals surface area contributed by atoms with Gasteiger partial charge in [0.25, 0.3) is 13.3 Å². The molecule has 4 rings (SSSR count). The Balaban J connectivity index is 2.00. The van der Waals surface area contributed by atoms with Gasteiger partial charge in [-0.2, -0.15) is 0 Å². The summed E-state index contributed by atoms with van der Waals surface area (Å²) in [4.78, 5) is 15.2. The summed E-state index contributed by atoms with van der Waals surface area (Å²) in [7, 11) is -3.67. The van der Waals surface area contributed by atoms with E-state index in [2.05, 4.69) is 4.98 Å². The van der Waals surface area contributed by atoms with E-state index in [0.717, 1.165) is 11.1 Å². The maximum atomic E-state index is 14.4. The Hall–Kier alpha value is -2.85. The molecule has 0 fully saturated rings. The Morgan fingerprint density at radius 1 is 1.03 bits per heavy atom. The van der Waals surface area contributed by atoms with Gasteiger partial charge in [0.1, 0.15) is 5.69 Å². The summed E-state index contributed by atoms with van der Waals surface area (Å²) >= 11 is 6.20. The van der Waals surface area contributed by atoms with Crippen LogP contribution in [0.25, 0.3) is 22.0 Å². The Morgan fingerprint density at radius 3 is 2.47 bits per heavy atom. The van der Waals surface area contributed by atoms with Gasteiger partial charge in [0.15, 0.2) is 0 Å². The highest BCUT2D eigenvalue weighted by molar-refractivity contribution is 7.75. The molecule has 0 aliphatic rings. The van der Waals surface area contributed by atoms with Crippen molar-refractivity contribution in [1.82, 2.24) is 4.98 Å². The molecule has 5 nitrogen and oxygen atoms in total. The third-order valence-corrected chi connectivity index (χ3v) is 7.75. The number of fused-ring (bicyclic) bond motifs is 1. The van der Waals surface area contributed by atoms with Gasteiger partial charge in [0.05, 0.1) is 11.9 Å². The number of aromatic amines is 1. The molecule has 1 aromatic heterocycles. The van der Waals surface area contributed by atoms with E-state index < -0.39 is 13.3 Å². The van der Waals surface area contributed by atoms with Crippen molar-refractivity contribution in [3.05, 3.63) is 83.5 Å². The van der Waals surface area contributed by atoms with Crippen molar-refractivity contribution in [2.24, 2.45) is 5.73 Å². The van der Waals surface area contributed by atoms with E-state index in [4.69, 9.17) is 21.9 Å². The molecule has 152 valence electrons. The summed E-state index contributed by atoms with van der Waals surface area (Å²) in [5, 5.41) is 1.74. The number of nitrogens with one attached hydrogen (secondary N) is 1. The number of primary amides is 1. The lowest BCUT2D eigenvalue weighted by Gasteiger charge is -2.20. The predicted octanol–water partition coefficient (Wildman–Crippen LogP) is 4.85. The molecule has 30 heavy (non-hydrogen) atoms. The molecule has 3 aromatic carbocycles. The van der Waals surface area contributed by atoms with Crippen LogP contribution in [-0.2, 0) is 9.09 Å². The summed E-state index contributed by atoms with van der Waals surface area (Å²) in [6, 6.07) is 22.2. The number of nitrogens with two attached hydrogens (primary N) is 1. The first-order chi connectivity index (χ1) is 14.4. The molecule has 3 N–H and O–H groups in total. The third-order valence-electron chi connectivity index (χ3n) is 4.88. The van der Waals surface area contributed by atoms with Crippen LogP contribution in [0.5, 0.6) is 0 Å². The Kier molecular flexibility index (Phi) is 5.52. The van der Waals surface area contributed by atoms with E-state index in [9.17, 15) is 9.36 Å². The molecule has 0 spiro atoms. The number of carbonyl (C=O) groups excluding carboxylic acids is 1. The molecular formula is C23H20ClN2O3P. The minimum atomic E-state index is -3.67. The molecule has 0 saturated heterocycles. The molecule has 0 radical (unpaired) electrons. The number of rotatable bonds is 6. The van der Waals surface area contributed by atoms with Crippen LogP contribution in [0.2, 0.25) is 5.02 Å². The maximum absolute atomic E-state index is 14.4. The first kappa shape index (κ1) is 20.4. The molecule has 0 saturated carbocycles. The first-order valence-corrected chi connectivity index (χ1v) is 11.5. The highest BCUT2D eigenvalue weighted by Gasteiger charge is 2.36. The highest BCUT2D eigenvalue weighted by atomic mass is 35.5. The first-order valence-electron chi connectivity index (χ1n) is 9.46. The fourth-order valence-electron chi connectivity index (χ4n) is 3.58. The highest BCUT2D eigenvalue weighted by Crippen LogP contribution is 2.48. The second kappa shape index (κ2) is 8.11. The van der Waals surface area contributed by atoms with Gasteiger partial charge < -0.3 is 15.2 Å². The maximum Gasteiger partial charge on any atom is 0.266 e. The topological polar surface area (TPSA) is 85.2 Å². The summed E-state index contributed by atoms with van der Waals surface area (Å²) in [6.45, 7) is 1.96. The van der Waals surface area contributed by atoms with E-state index in [1.807, 2.05) is 48.5 Å². The van der Waals surface area contributed by atoms with Crippen LogP contribution >= 0.6 is 19.0 Å². The number of amides is 1. The fraction of sp³-hybridized carbons (Fsp3) is 0.0870. The normalized spacial score (nSPS) is 13.3. The number of hydrogen-bond donors (Lipinski definition) is 2. The fourth-order valence-corrected chi connectivity index (χ4v) is 6.21. The molecule has 7 heteroatoms. The monoisotopic (exact) mass is 438 g/mol. The number of aromatic nitrogens is 1. The van der Waals surface area contributed by atoms with Crippen LogP contribution < -0.4 is 16.3 Å². The lowest BCUT2D eigenvalue weighted by Crippen LogP contribution is -2.26. The van der Waals surface area contributed by atoms with E-state index >= 15 is 0 Å². The lowest BCUT2D eigenvalue weighted by atomic mass is 10.1. The number of hydrogen-bond acceptors (Lipinski definition) is 3. The molecule has 1 amide bonds. The second-order valence-electron chi connectivity index (χ2n) is 6.79. The molecule has 4 aromatic rings. The number of carbonyl (C=O) groups is 1. The van der Waals surface area contributed by atoms with E-state index in [1.54, 1.807) is 31.2 Å². The van der Waals surface area contributed by atoms with E-state index in [1.165, 1.54) is 0 Å². The van der Waals surface area contributed by atoms with Crippen molar-refractivity contribution >= 4 is 46.4 Å². The molecule has 0 aliphatic carbocycles. The average Bonchev–Trinajstić information content (AvgIpc) is 3.14. The smallest absolute Gasteiger partial charge is 0.266 e. The number of benzene rings is 3. The van der Waals surface area contributed by atoms with Gasteiger partial charge in [-0.25, -0.2) is 0 Å². The van der Waals surface area contributed by atoms with Crippen molar-refractivity contribution in [2.75, 3.05) is 6.61 Å². The van der Waals surface area contributed by atoms with Crippen molar-refractivity contribution < 1.29 is 13.9 Å². The van der Waals surface area contributed by atoms with E-state index in [0.29, 0.717) is 21.2 Å². The van der Waals surface area contributed by atoms with Crippen LogP contribution in [0.15, 0.2) is 72.8 Å². The average molecular weight is 439 g/mol. The van der Waals surface area contributed by atoms with Crippen molar-refractivity contribution in [3.63, 3.8) is 0 Å². The summed E-state index contributed by atoms with van der Waals surface area (Å²) < 4.78 is 20.3. The second-order valence-corrected chi connectivity index (χ2v) is 9.55. The van der Waals surface area contributed by atoms with Crippen molar-refractivity contribution in [2.45, 2.75) is 6.92 Å². The largest absolute Gasteiger partial charge is 0.364 e. The van der Waals surface area contributed by atoms with Gasteiger partial charge in [0, 0.05) is 21.2 Å². The number of H-pyrrole nitrogens is 1. The zero-order valence-electron chi connectivity index (χ0n) is 16.3. The van der Waals surface area contributed by atoms with Gasteiger partial charge in [-0.1, -0.05) is 54.1 Å². The lowest BCUT2D eigenvalue weighted by molar-refractivity contribution is 0.0997. The van der Waals surface area contributed by atoms with Crippen LogP contribution in [0.4, 0.5) is 0 Å². The summed E-state index contributed by atoms with van der Waals surface area (Å²) in [5.74, 6) is -0.712. The minimum absolute atomic E-state index is 0.0640. The van der Waals surface area contributed by atoms with E-state index in [-0.39, 0.29) is 17.6 Å². The third kappa shape index (κ3) is 3.56. The van der Waals surface area contributed by atoms with Gasteiger partial charge in [-0.05, 0) is 48.4 Å². The molecule has 1 heterocycles. The SMILES string of the molecule is CCOP(=O)(c1cccc(-c2ccccc2)c1)c1c(C(N)=O)[nH]c2ccc(Cl)cc12. The Labute approximate surface area is 179 Å². The zero-order chi connectivity index (χ0) is 21.3. The number of halogens is 1. The molecule has 0 aliphatic heterocycles. The summed E-state index contributed by atoms with van der Waals surface area (Å²) in [5.41, 5.74) is 8.19. The van der Waals surface area contributed by atoms with Crippen molar-refractivity contribution in [1.29, 1.82) is 0 Å². The van der Waals surface area contributed by atoms with Gasteiger partial charge in [-0.3, -0.25) is 9.36 Å².